The first-order valence-corrected chi connectivity index (χ1v) is 9.91. The van der Waals surface area contributed by atoms with E-state index in [9.17, 15) is 9.59 Å². The van der Waals surface area contributed by atoms with Crippen molar-refractivity contribution in [2.24, 2.45) is 11.8 Å². The third-order valence-electron chi connectivity index (χ3n) is 6.62. The average Bonchev–Trinajstić information content (AvgIpc) is 3.46. The molecule has 1 spiro atoms. The zero-order valence-corrected chi connectivity index (χ0v) is 15.9. The average molecular weight is 380 g/mol. The van der Waals surface area contributed by atoms with Crippen molar-refractivity contribution in [3.05, 3.63) is 59.5 Å². The van der Waals surface area contributed by atoms with E-state index in [1.807, 2.05) is 36.1 Å². The molecule has 28 heavy (non-hydrogen) atoms. The van der Waals surface area contributed by atoms with E-state index >= 15 is 0 Å². The van der Waals surface area contributed by atoms with E-state index in [0.717, 1.165) is 18.4 Å². The van der Waals surface area contributed by atoms with Crippen molar-refractivity contribution >= 4 is 11.8 Å². The number of ether oxygens (including phenoxy) is 1. The van der Waals surface area contributed by atoms with Crippen molar-refractivity contribution in [3.63, 3.8) is 0 Å². The van der Waals surface area contributed by atoms with E-state index in [-0.39, 0.29) is 35.4 Å². The summed E-state index contributed by atoms with van der Waals surface area (Å²) in [6.07, 6.45) is 3.66. The number of benzene rings is 1. The summed E-state index contributed by atoms with van der Waals surface area (Å²) in [4.78, 5) is 27.1. The molecule has 1 aromatic heterocycles. The number of fused-ring (bicyclic) bond motifs is 1. The van der Waals surface area contributed by atoms with Gasteiger partial charge in [0.25, 0.3) is 11.8 Å². The van der Waals surface area contributed by atoms with Crippen LogP contribution >= 0.6 is 0 Å². The third-order valence-corrected chi connectivity index (χ3v) is 6.62. The van der Waals surface area contributed by atoms with Gasteiger partial charge < -0.3 is 19.4 Å². The number of rotatable bonds is 4. The van der Waals surface area contributed by atoms with Crippen LogP contribution in [0.4, 0.5) is 0 Å². The lowest BCUT2D eigenvalue weighted by Crippen LogP contribution is -2.41. The van der Waals surface area contributed by atoms with Crippen LogP contribution in [-0.4, -0.2) is 48.1 Å². The molecule has 2 aromatic rings. The lowest BCUT2D eigenvalue weighted by molar-refractivity contribution is 0.00286. The number of hydrogen-bond donors (Lipinski definition) is 1. The molecule has 3 aliphatic heterocycles. The molecule has 6 heteroatoms. The summed E-state index contributed by atoms with van der Waals surface area (Å²) in [6, 6.07) is 11.0. The number of aryl methyl sites for hydroxylation is 1. The minimum absolute atomic E-state index is 0.0571. The van der Waals surface area contributed by atoms with Crippen molar-refractivity contribution in [2.45, 2.75) is 31.5 Å². The second-order valence-corrected chi connectivity index (χ2v) is 8.27. The Morgan fingerprint density at radius 2 is 2.07 bits per heavy atom. The standard InChI is InChI=1S/C22H24N2O4/c1-14-4-6-15(7-5-14)20(25)23-11-16-17-12-24(21(26)19-3-2-10-27-19)13-22(17)9-8-18(16)28-22/h2-7,10,16-18H,8-9,11-13H2,1H3,(H,23,25)/t16-,17+,18+,22+/m0/s1. The zero-order valence-electron chi connectivity index (χ0n) is 15.9. The Hall–Kier alpha value is -2.60. The summed E-state index contributed by atoms with van der Waals surface area (Å²) in [6.45, 7) is 3.84. The number of furan rings is 1. The highest BCUT2D eigenvalue weighted by atomic mass is 16.5. The smallest absolute Gasteiger partial charge is 0.289 e. The molecule has 6 nitrogen and oxygen atoms in total. The van der Waals surface area contributed by atoms with Gasteiger partial charge in [-0.25, -0.2) is 0 Å². The highest BCUT2D eigenvalue weighted by molar-refractivity contribution is 5.94. The Morgan fingerprint density at radius 1 is 1.25 bits per heavy atom. The van der Waals surface area contributed by atoms with E-state index in [2.05, 4.69) is 5.32 Å². The minimum atomic E-state index is -0.258. The first-order valence-electron chi connectivity index (χ1n) is 9.91. The van der Waals surface area contributed by atoms with E-state index in [0.29, 0.717) is 31.0 Å². The van der Waals surface area contributed by atoms with E-state index < -0.39 is 0 Å². The quantitative estimate of drug-likeness (QED) is 0.885. The van der Waals surface area contributed by atoms with Crippen LogP contribution < -0.4 is 5.32 Å². The molecule has 146 valence electrons. The summed E-state index contributed by atoms with van der Waals surface area (Å²) in [5.74, 6) is 0.720. The van der Waals surface area contributed by atoms with Crippen LogP contribution in [0.25, 0.3) is 0 Å². The lowest BCUT2D eigenvalue weighted by atomic mass is 9.73. The van der Waals surface area contributed by atoms with Gasteiger partial charge in [0.1, 0.15) is 0 Å². The number of nitrogens with zero attached hydrogens (tertiary/aromatic N) is 1. The van der Waals surface area contributed by atoms with Crippen LogP contribution in [0.5, 0.6) is 0 Å². The number of hydrogen-bond acceptors (Lipinski definition) is 4. The van der Waals surface area contributed by atoms with Crippen molar-refractivity contribution in [1.82, 2.24) is 10.2 Å². The first-order chi connectivity index (χ1) is 13.6. The maximum atomic E-state index is 12.7. The monoisotopic (exact) mass is 380 g/mol. The minimum Gasteiger partial charge on any atom is -0.459 e. The largest absolute Gasteiger partial charge is 0.459 e. The summed E-state index contributed by atoms with van der Waals surface area (Å²) >= 11 is 0. The van der Waals surface area contributed by atoms with Gasteiger partial charge in [0.05, 0.1) is 24.5 Å². The Labute approximate surface area is 163 Å². The molecule has 3 fully saturated rings. The van der Waals surface area contributed by atoms with Crippen molar-refractivity contribution in [3.8, 4) is 0 Å². The molecule has 0 aliphatic carbocycles. The SMILES string of the molecule is Cc1ccc(C(=O)NC[C@H]2[C@H]3CN(C(=O)c4ccco4)C[C@]34CC[C@H]2O4)cc1. The predicted octanol–water partition coefficient (Wildman–Crippen LogP) is 2.64. The van der Waals surface area contributed by atoms with E-state index in [1.165, 1.54) is 6.26 Å². The van der Waals surface area contributed by atoms with Gasteiger partial charge in [-0.2, -0.15) is 0 Å². The van der Waals surface area contributed by atoms with Crippen LogP contribution in [0.3, 0.4) is 0 Å². The molecule has 0 unspecified atom stereocenters. The summed E-state index contributed by atoms with van der Waals surface area (Å²) in [5, 5.41) is 3.09. The van der Waals surface area contributed by atoms with Crippen LogP contribution in [0.1, 0.15) is 39.3 Å². The molecule has 5 rings (SSSR count). The highest BCUT2D eigenvalue weighted by Crippen LogP contribution is 2.54. The lowest BCUT2D eigenvalue weighted by Gasteiger charge is -2.29. The van der Waals surface area contributed by atoms with Crippen LogP contribution in [0.2, 0.25) is 0 Å². The fraction of sp³-hybridized carbons (Fsp3) is 0.455. The van der Waals surface area contributed by atoms with Crippen molar-refractivity contribution in [2.75, 3.05) is 19.6 Å². The molecule has 4 atom stereocenters. The number of carbonyl (C=O) groups is 2. The molecule has 1 N–H and O–H groups in total. The van der Waals surface area contributed by atoms with E-state index in [1.54, 1.807) is 12.1 Å². The maximum Gasteiger partial charge on any atom is 0.289 e. The second kappa shape index (κ2) is 6.48. The molecular formula is C22H24N2O4. The summed E-state index contributed by atoms with van der Waals surface area (Å²) in [5.41, 5.74) is 1.55. The van der Waals surface area contributed by atoms with Crippen molar-refractivity contribution < 1.29 is 18.7 Å². The molecular weight excluding hydrogens is 356 g/mol. The third kappa shape index (κ3) is 2.75. The fourth-order valence-corrected chi connectivity index (χ4v) is 5.19. The topological polar surface area (TPSA) is 71.8 Å². The normalized spacial score (nSPS) is 30.5. The Bertz CT molecular complexity index is 892. The van der Waals surface area contributed by atoms with Crippen LogP contribution in [-0.2, 0) is 4.74 Å². The van der Waals surface area contributed by atoms with E-state index in [4.69, 9.17) is 9.15 Å². The van der Waals surface area contributed by atoms with Gasteiger partial charge >= 0.3 is 0 Å². The molecule has 3 aliphatic rings. The van der Waals surface area contributed by atoms with Gasteiger partial charge in [0, 0.05) is 30.5 Å². The van der Waals surface area contributed by atoms with Crippen LogP contribution in [0, 0.1) is 18.8 Å². The van der Waals surface area contributed by atoms with Gasteiger partial charge in [0.2, 0.25) is 0 Å². The Kier molecular flexibility index (Phi) is 4.05. The second-order valence-electron chi connectivity index (χ2n) is 8.27. The highest BCUT2D eigenvalue weighted by Gasteiger charge is 2.63. The van der Waals surface area contributed by atoms with Gasteiger partial charge in [0.15, 0.2) is 5.76 Å². The van der Waals surface area contributed by atoms with Gasteiger partial charge in [-0.15, -0.1) is 0 Å². The molecule has 4 heterocycles. The Balaban J connectivity index is 1.27. The summed E-state index contributed by atoms with van der Waals surface area (Å²) in [7, 11) is 0. The first kappa shape index (κ1) is 17.5. The van der Waals surface area contributed by atoms with Gasteiger partial charge in [-0.3, -0.25) is 9.59 Å². The van der Waals surface area contributed by atoms with Crippen molar-refractivity contribution in [1.29, 1.82) is 0 Å². The van der Waals surface area contributed by atoms with Gasteiger partial charge in [-0.05, 0) is 44.0 Å². The number of amides is 2. The number of carbonyl (C=O) groups excluding carboxylic acids is 2. The molecule has 1 aromatic carbocycles. The maximum absolute atomic E-state index is 12.7. The number of nitrogens with one attached hydrogen (secondary N) is 1. The molecule has 0 saturated carbocycles. The summed E-state index contributed by atoms with van der Waals surface area (Å²) < 4.78 is 11.7. The number of likely N-dealkylation sites (tertiary alicyclic amines) is 1. The van der Waals surface area contributed by atoms with Crippen LogP contribution in [0.15, 0.2) is 47.1 Å². The fourth-order valence-electron chi connectivity index (χ4n) is 5.19. The molecule has 2 bridgehead atoms. The predicted molar refractivity (Wildman–Crippen MR) is 102 cm³/mol. The molecule has 0 radical (unpaired) electrons. The zero-order chi connectivity index (χ0) is 19.3. The molecule has 2 amide bonds. The Morgan fingerprint density at radius 3 is 2.82 bits per heavy atom. The van der Waals surface area contributed by atoms with Gasteiger partial charge in [-0.1, -0.05) is 17.7 Å². The molecule has 3 saturated heterocycles.